The van der Waals surface area contributed by atoms with Crippen molar-refractivity contribution in [2.75, 3.05) is 0 Å². The highest BCUT2D eigenvalue weighted by atomic mass is 16.3. The molecule has 2 aromatic rings. The van der Waals surface area contributed by atoms with E-state index in [0.29, 0.717) is 6.04 Å². The topological polar surface area (TPSA) is 38.3 Å². The summed E-state index contributed by atoms with van der Waals surface area (Å²) in [7, 11) is 0. The maximum absolute atomic E-state index is 5.53. The highest BCUT2D eigenvalue weighted by Gasteiger charge is 2.25. The summed E-state index contributed by atoms with van der Waals surface area (Å²) in [5.41, 5.74) is 1.33. The summed E-state index contributed by atoms with van der Waals surface area (Å²) in [6.45, 7) is 2.18. The van der Waals surface area contributed by atoms with Crippen LogP contribution in [0.25, 0.3) is 0 Å². The van der Waals surface area contributed by atoms with Crippen LogP contribution in [-0.4, -0.2) is 0 Å². The van der Waals surface area contributed by atoms with E-state index in [9.17, 15) is 0 Å². The highest BCUT2D eigenvalue weighted by molar-refractivity contribution is 5.24. The highest BCUT2D eigenvalue weighted by Crippen LogP contribution is 2.33. The molecule has 0 radical (unpaired) electrons. The smallest absolute Gasteiger partial charge is 0.120 e. The fourth-order valence-electron chi connectivity index (χ4n) is 2.79. The van der Waals surface area contributed by atoms with Crippen LogP contribution in [0.1, 0.15) is 55.4 Å². The van der Waals surface area contributed by atoms with Crippen LogP contribution >= 0.6 is 0 Å². The normalized spacial score (nSPS) is 20.6. The Labute approximate surface area is 107 Å². The molecule has 1 aliphatic rings. The second-order valence-electron chi connectivity index (χ2n) is 4.89. The minimum atomic E-state index is 0.283. The van der Waals surface area contributed by atoms with E-state index in [1.54, 1.807) is 12.5 Å². The molecular weight excluding hydrogens is 226 g/mol. The number of furan rings is 2. The van der Waals surface area contributed by atoms with Gasteiger partial charge in [0.05, 0.1) is 18.6 Å². The van der Waals surface area contributed by atoms with Gasteiger partial charge in [0.15, 0.2) is 0 Å². The molecule has 2 unspecified atom stereocenters. The van der Waals surface area contributed by atoms with Crippen molar-refractivity contribution in [2.24, 2.45) is 0 Å². The van der Waals surface area contributed by atoms with Crippen molar-refractivity contribution < 1.29 is 8.83 Å². The van der Waals surface area contributed by atoms with E-state index in [1.807, 2.05) is 12.1 Å². The second kappa shape index (κ2) is 5.02. The summed E-state index contributed by atoms with van der Waals surface area (Å²) >= 11 is 0. The number of hydrogen-bond acceptors (Lipinski definition) is 3. The zero-order valence-electron chi connectivity index (χ0n) is 10.7. The Bertz CT molecular complexity index is 486. The average molecular weight is 245 g/mol. The van der Waals surface area contributed by atoms with Crippen molar-refractivity contribution in [1.82, 2.24) is 5.32 Å². The lowest BCUT2D eigenvalue weighted by molar-refractivity contribution is 0.335. The summed E-state index contributed by atoms with van der Waals surface area (Å²) in [6.07, 6.45) is 7.99. The van der Waals surface area contributed by atoms with Gasteiger partial charge in [-0.1, -0.05) is 6.92 Å². The standard InChI is InChI=1S/C15H19NO2/c1-2-12(15-7-4-9-17-15)16-13-5-3-6-14-11(13)8-10-18-14/h4,7-10,12-13,16H,2-3,5-6H2,1H3. The molecule has 0 aromatic carbocycles. The molecule has 3 rings (SSSR count). The summed E-state index contributed by atoms with van der Waals surface area (Å²) in [4.78, 5) is 0. The van der Waals surface area contributed by atoms with Gasteiger partial charge in [-0.3, -0.25) is 0 Å². The largest absolute Gasteiger partial charge is 0.469 e. The van der Waals surface area contributed by atoms with Crippen molar-refractivity contribution in [3.8, 4) is 0 Å². The molecule has 18 heavy (non-hydrogen) atoms. The molecule has 0 fully saturated rings. The van der Waals surface area contributed by atoms with E-state index in [-0.39, 0.29) is 6.04 Å². The third kappa shape index (κ3) is 2.10. The number of aryl methyl sites for hydroxylation is 1. The van der Waals surface area contributed by atoms with Crippen LogP contribution in [0.4, 0.5) is 0 Å². The third-order valence-corrected chi connectivity index (χ3v) is 3.75. The molecule has 2 atom stereocenters. The number of fused-ring (bicyclic) bond motifs is 1. The van der Waals surface area contributed by atoms with Gasteiger partial charge in [-0.15, -0.1) is 0 Å². The minimum absolute atomic E-state index is 0.283. The molecule has 0 bridgehead atoms. The molecule has 0 saturated carbocycles. The van der Waals surface area contributed by atoms with Crippen molar-refractivity contribution in [2.45, 2.75) is 44.7 Å². The Hall–Kier alpha value is -1.48. The number of hydrogen-bond donors (Lipinski definition) is 1. The van der Waals surface area contributed by atoms with Gasteiger partial charge in [-0.05, 0) is 37.5 Å². The van der Waals surface area contributed by atoms with Gasteiger partial charge >= 0.3 is 0 Å². The first-order valence-corrected chi connectivity index (χ1v) is 6.74. The summed E-state index contributed by atoms with van der Waals surface area (Å²) < 4.78 is 11.0. The fourth-order valence-corrected chi connectivity index (χ4v) is 2.79. The maximum atomic E-state index is 5.53. The Kier molecular flexibility index (Phi) is 3.24. The van der Waals surface area contributed by atoms with Crippen LogP contribution in [0.5, 0.6) is 0 Å². The zero-order chi connectivity index (χ0) is 12.4. The van der Waals surface area contributed by atoms with Gasteiger partial charge in [-0.2, -0.15) is 0 Å². The molecule has 0 spiro atoms. The van der Waals surface area contributed by atoms with E-state index in [0.717, 1.165) is 24.4 Å². The van der Waals surface area contributed by atoms with Crippen molar-refractivity contribution in [1.29, 1.82) is 0 Å². The Morgan fingerprint density at radius 1 is 1.33 bits per heavy atom. The quantitative estimate of drug-likeness (QED) is 0.885. The molecule has 2 aromatic heterocycles. The van der Waals surface area contributed by atoms with Gasteiger partial charge in [0, 0.05) is 18.0 Å². The van der Waals surface area contributed by atoms with Crippen LogP contribution < -0.4 is 5.32 Å². The van der Waals surface area contributed by atoms with Crippen molar-refractivity contribution in [3.05, 3.63) is 47.8 Å². The molecule has 0 aliphatic heterocycles. The second-order valence-corrected chi connectivity index (χ2v) is 4.89. The minimum Gasteiger partial charge on any atom is -0.469 e. The zero-order valence-corrected chi connectivity index (χ0v) is 10.7. The molecule has 1 aliphatic carbocycles. The molecule has 0 amide bonds. The molecule has 2 heterocycles. The lowest BCUT2D eigenvalue weighted by Crippen LogP contribution is -2.28. The molecule has 3 nitrogen and oxygen atoms in total. The number of rotatable bonds is 4. The maximum Gasteiger partial charge on any atom is 0.120 e. The fraction of sp³-hybridized carbons (Fsp3) is 0.467. The van der Waals surface area contributed by atoms with E-state index >= 15 is 0 Å². The third-order valence-electron chi connectivity index (χ3n) is 3.75. The summed E-state index contributed by atoms with van der Waals surface area (Å²) in [5.74, 6) is 2.17. The van der Waals surface area contributed by atoms with Crippen molar-refractivity contribution >= 4 is 0 Å². The van der Waals surface area contributed by atoms with E-state index < -0.39 is 0 Å². The first-order chi connectivity index (χ1) is 8.88. The molecule has 1 N–H and O–H groups in total. The SMILES string of the molecule is CCC(NC1CCCc2occc21)c1ccco1. The Balaban J connectivity index is 1.77. The van der Waals surface area contributed by atoms with Gasteiger partial charge in [0.2, 0.25) is 0 Å². The van der Waals surface area contributed by atoms with Gasteiger partial charge in [0.1, 0.15) is 11.5 Å². The first-order valence-electron chi connectivity index (χ1n) is 6.74. The Morgan fingerprint density at radius 2 is 2.28 bits per heavy atom. The van der Waals surface area contributed by atoms with Crippen LogP contribution in [0.2, 0.25) is 0 Å². The molecule has 96 valence electrons. The predicted octanol–water partition coefficient (Wildman–Crippen LogP) is 3.99. The lowest BCUT2D eigenvalue weighted by Gasteiger charge is -2.26. The van der Waals surface area contributed by atoms with Gasteiger partial charge in [0.25, 0.3) is 0 Å². The van der Waals surface area contributed by atoms with Crippen LogP contribution in [0.3, 0.4) is 0 Å². The van der Waals surface area contributed by atoms with Crippen LogP contribution in [-0.2, 0) is 6.42 Å². The summed E-state index contributed by atoms with van der Waals surface area (Å²) in [6, 6.07) is 6.76. The van der Waals surface area contributed by atoms with Crippen LogP contribution in [0.15, 0.2) is 39.6 Å². The molecular formula is C15H19NO2. The van der Waals surface area contributed by atoms with E-state index in [4.69, 9.17) is 8.83 Å². The number of nitrogens with one attached hydrogen (secondary N) is 1. The van der Waals surface area contributed by atoms with Gasteiger partial charge < -0.3 is 14.2 Å². The summed E-state index contributed by atoms with van der Waals surface area (Å²) in [5, 5.41) is 3.70. The first kappa shape index (κ1) is 11.6. The predicted molar refractivity (Wildman–Crippen MR) is 69.3 cm³/mol. The Morgan fingerprint density at radius 3 is 3.06 bits per heavy atom. The van der Waals surface area contributed by atoms with Crippen LogP contribution in [0, 0.1) is 0 Å². The monoisotopic (exact) mass is 245 g/mol. The van der Waals surface area contributed by atoms with E-state index in [1.165, 1.54) is 18.4 Å². The van der Waals surface area contributed by atoms with Crippen molar-refractivity contribution in [3.63, 3.8) is 0 Å². The average Bonchev–Trinajstić information content (AvgIpc) is 3.06. The lowest BCUT2D eigenvalue weighted by atomic mass is 9.92. The molecule has 0 saturated heterocycles. The van der Waals surface area contributed by atoms with E-state index in [2.05, 4.69) is 18.3 Å². The van der Waals surface area contributed by atoms with Gasteiger partial charge in [-0.25, -0.2) is 0 Å². The molecule has 3 heteroatoms.